The van der Waals surface area contributed by atoms with Gasteiger partial charge in [0.1, 0.15) is 0 Å². The minimum absolute atomic E-state index is 0.00779. The van der Waals surface area contributed by atoms with Crippen LogP contribution in [0.3, 0.4) is 0 Å². The zero-order valence-electron chi connectivity index (χ0n) is 23.8. The SMILES string of the molecule is CC[C@@H](C=CS(=O)(=O)CC)N1C(=O)[C@@](C)(CC2COC(C)(C)O2)C[C@H](c2cccc(Cl)c2)[C@H]1c1ccc(Cl)cc1. The number of halogens is 2. The summed E-state index contributed by atoms with van der Waals surface area (Å²) >= 11 is 12.7. The van der Waals surface area contributed by atoms with Gasteiger partial charge in [-0.1, -0.05) is 74.3 Å². The van der Waals surface area contributed by atoms with Gasteiger partial charge in [0, 0.05) is 26.8 Å². The molecule has 0 aromatic heterocycles. The lowest BCUT2D eigenvalue weighted by Gasteiger charge is -2.52. The van der Waals surface area contributed by atoms with Crippen molar-refractivity contribution < 1.29 is 22.7 Å². The van der Waals surface area contributed by atoms with Gasteiger partial charge in [-0.25, -0.2) is 8.42 Å². The fourth-order valence-corrected chi connectivity index (χ4v) is 6.97. The van der Waals surface area contributed by atoms with Crippen LogP contribution in [0.25, 0.3) is 0 Å². The van der Waals surface area contributed by atoms with Gasteiger partial charge >= 0.3 is 0 Å². The van der Waals surface area contributed by atoms with Crippen LogP contribution < -0.4 is 0 Å². The highest BCUT2D eigenvalue weighted by atomic mass is 35.5. The zero-order chi connectivity index (χ0) is 29.3. The molecule has 2 aromatic rings. The van der Waals surface area contributed by atoms with E-state index in [0.717, 1.165) is 11.1 Å². The summed E-state index contributed by atoms with van der Waals surface area (Å²) in [5.41, 5.74) is 1.14. The van der Waals surface area contributed by atoms with Crippen LogP contribution in [0.5, 0.6) is 0 Å². The van der Waals surface area contributed by atoms with Gasteiger partial charge in [0.25, 0.3) is 0 Å². The van der Waals surface area contributed by atoms with Crippen molar-refractivity contribution in [1.82, 2.24) is 4.90 Å². The standard InChI is InChI=1S/C31H39Cl2NO5S/c1-6-25(15-16-40(36,37)7-2)34-28(21-11-13-23(32)14-12-21)27(22-9-8-10-24(33)17-22)19-31(5,29(34)35)18-26-20-38-30(3,4)39-26/h8-17,25-28H,6-7,18-20H2,1-5H3/t25-,26?,27+,28+,31-/m0/s1. The maximum absolute atomic E-state index is 14.7. The Morgan fingerprint density at radius 3 is 2.33 bits per heavy atom. The molecule has 218 valence electrons. The van der Waals surface area contributed by atoms with Crippen LogP contribution in [0.15, 0.2) is 60.0 Å². The molecule has 9 heteroatoms. The van der Waals surface area contributed by atoms with Crippen LogP contribution in [0.2, 0.25) is 10.0 Å². The van der Waals surface area contributed by atoms with Gasteiger partial charge in [-0.3, -0.25) is 4.79 Å². The molecule has 2 heterocycles. The molecule has 0 saturated carbocycles. The van der Waals surface area contributed by atoms with Gasteiger partial charge in [-0.05, 0) is 68.5 Å². The average Bonchev–Trinajstić information content (AvgIpc) is 3.24. The number of sulfone groups is 1. The monoisotopic (exact) mass is 607 g/mol. The van der Waals surface area contributed by atoms with E-state index in [-0.39, 0.29) is 29.7 Å². The number of rotatable bonds is 9. The average molecular weight is 609 g/mol. The Morgan fingerprint density at radius 2 is 1.75 bits per heavy atom. The van der Waals surface area contributed by atoms with Crippen molar-refractivity contribution in [3.8, 4) is 0 Å². The molecule has 1 unspecified atom stereocenters. The number of benzene rings is 2. The summed E-state index contributed by atoms with van der Waals surface area (Å²) in [6.07, 6.45) is 3.00. The van der Waals surface area contributed by atoms with Gasteiger partial charge in [0.2, 0.25) is 5.91 Å². The number of carbonyl (C=O) groups is 1. The first-order valence-electron chi connectivity index (χ1n) is 13.8. The van der Waals surface area contributed by atoms with Gasteiger partial charge < -0.3 is 14.4 Å². The molecule has 0 aliphatic carbocycles. The minimum Gasteiger partial charge on any atom is -0.348 e. The van der Waals surface area contributed by atoms with Crippen LogP contribution in [0.4, 0.5) is 0 Å². The predicted molar refractivity (Wildman–Crippen MR) is 160 cm³/mol. The summed E-state index contributed by atoms with van der Waals surface area (Å²) in [7, 11) is -3.39. The molecular formula is C31H39Cl2NO5S. The van der Waals surface area contributed by atoms with Crippen molar-refractivity contribution in [2.75, 3.05) is 12.4 Å². The minimum atomic E-state index is -3.39. The molecule has 2 aliphatic heterocycles. The molecule has 0 radical (unpaired) electrons. The van der Waals surface area contributed by atoms with Crippen molar-refractivity contribution >= 4 is 38.9 Å². The van der Waals surface area contributed by atoms with E-state index in [1.54, 1.807) is 13.0 Å². The summed E-state index contributed by atoms with van der Waals surface area (Å²) in [6.45, 7) is 9.73. The van der Waals surface area contributed by atoms with Gasteiger partial charge in [0.05, 0.1) is 30.5 Å². The Balaban J connectivity index is 1.87. The summed E-state index contributed by atoms with van der Waals surface area (Å²) in [5.74, 6) is -0.876. The lowest BCUT2D eigenvalue weighted by atomic mass is 9.66. The molecule has 40 heavy (non-hydrogen) atoms. The number of hydrogen-bond donors (Lipinski definition) is 0. The molecular weight excluding hydrogens is 569 g/mol. The van der Waals surface area contributed by atoms with Crippen LogP contribution in [-0.2, 0) is 24.1 Å². The largest absolute Gasteiger partial charge is 0.348 e. The summed E-state index contributed by atoms with van der Waals surface area (Å²) in [4.78, 5) is 16.6. The van der Waals surface area contributed by atoms with Crippen molar-refractivity contribution in [2.24, 2.45) is 5.41 Å². The number of hydrogen-bond acceptors (Lipinski definition) is 5. The van der Waals surface area contributed by atoms with Gasteiger partial charge in [-0.2, -0.15) is 0 Å². The molecule has 2 aliphatic rings. The van der Waals surface area contributed by atoms with E-state index in [4.69, 9.17) is 32.7 Å². The Labute approximate surface area is 248 Å². The fraction of sp³-hybridized carbons (Fsp3) is 0.516. The third-order valence-corrected chi connectivity index (χ3v) is 9.89. The summed E-state index contributed by atoms with van der Waals surface area (Å²) < 4.78 is 36.9. The molecule has 4 rings (SSSR count). The number of likely N-dealkylation sites (tertiary alicyclic amines) is 1. The first-order valence-corrected chi connectivity index (χ1v) is 16.3. The lowest BCUT2D eigenvalue weighted by Crippen LogP contribution is -2.56. The third-order valence-electron chi connectivity index (χ3n) is 8.02. The predicted octanol–water partition coefficient (Wildman–Crippen LogP) is 7.33. The first-order chi connectivity index (χ1) is 18.8. The first kappa shape index (κ1) is 31.0. The van der Waals surface area contributed by atoms with Crippen molar-refractivity contribution in [3.05, 3.63) is 81.2 Å². The number of amides is 1. The van der Waals surface area contributed by atoms with E-state index in [1.807, 2.05) is 81.1 Å². The molecule has 1 amide bonds. The Bertz CT molecular complexity index is 1340. The quantitative estimate of drug-likeness (QED) is 0.298. The second-order valence-electron chi connectivity index (χ2n) is 11.5. The second kappa shape index (κ2) is 12.1. The highest BCUT2D eigenvalue weighted by Gasteiger charge is 2.53. The molecule has 0 N–H and O–H groups in total. The second-order valence-corrected chi connectivity index (χ2v) is 14.6. The zero-order valence-corrected chi connectivity index (χ0v) is 26.1. The number of ether oxygens (including phenoxy) is 2. The van der Waals surface area contributed by atoms with E-state index >= 15 is 0 Å². The normalized spacial score (nSPS) is 27.8. The molecule has 5 atom stereocenters. The highest BCUT2D eigenvalue weighted by molar-refractivity contribution is 7.94. The smallest absolute Gasteiger partial charge is 0.229 e. The molecule has 2 fully saturated rings. The topological polar surface area (TPSA) is 72.9 Å². The van der Waals surface area contributed by atoms with Gasteiger partial charge in [-0.15, -0.1) is 0 Å². The Hall–Kier alpha value is -1.90. The highest BCUT2D eigenvalue weighted by Crippen LogP contribution is 2.53. The lowest BCUT2D eigenvalue weighted by molar-refractivity contribution is -0.161. The van der Waals surface area contributed by atoms with E-state index in [1.165, 1.54) is 5.41 Å². The van der Waals surface area contributed by atoms with Crippen molar-refractivity contribution in [1.29, 1.82) is 0 Å². The maximum atomic E-state index is 14.7. The van der Waals surface area contributed by atoms with Crippen molar-refractivity contribution in [2.45, 2.75) is 83.8 Å². The molecule has 2 aromatic carbocycles. The van der Waals surface area contributed by atoms with Crippen LogP contribution in [-0.4, -0.2) is 49.5 Å². The molecule has 6 nitrogen and oxygen atoms in total. The van der Waals surface area contributed by atoms with Crippen LogP contribution >= 0.6 is 23.2 Å². The van der Waals surface area contributed by atoms with Crippen LogP contribution in [0.1, 0.15) is 77.0 Å². The summed E-state index contributed by atoms with van der Waals surface area (Å²) in [5, 5.41) is 2.47. The van der Waals surface area contributed by atoms with E-state index in [2.05, 4.69) is 0 Å². The van der Waals surface area contributed by atoms with Crippen LogP contribution in [0, 0.1) is 5.41 Å². The molecule has 2 saturated heterocycles. The molecule has 0 spiro atoms. The number of piperidine rings is 1. The Morgan fingerprint density at radius 1 is 1.05 bits per heavy atom. The van der Waals surface area contributed by atoms with Crippen molar-refractivity contribution in [3.63, 3.8) is 0 Å². The van der Waals surface area contributed by atoms with E-state index < -0.39 is 27.1 Å². The third kappa shape index (κ3) is 6.93. The fourth-order valence-electron chi connectivity index (χ4n) is 6.03. The van der Waals surface area contributed by atoms with Gasteiger partial charge in [0.15, 0.2) is 15.6 Å². The molecule has 0 bridgehead atoms. The Kier molecular flexibility index (Phi) is 9.42. The maximum Gasteiger partial charge on any atom is 0.229 e. The van der Waals surface area contributed by atoms with E-state index in [9.17, 15) is 13.2 Å². The number of carbonyl (C=O) groups excluding carboxylic acids is 1. The van der Waals surface area contributed by atoms with E-state index in [0.29, 0.717) is 35.9 Å². The number of nitrogens with zero attached hydrogens (tertiary/aromatic N) is 1. The summed E-state index contributed by atoms with van der Waals surface area (Å²) in [6, 6.07) is 14.5.